The molecule has 0 aromatic carbocycles. The fraction of sp³-hybridized carbons (Fsp3) is 0.938. The molecule has 0 heterocycles. The van der Waals surface area contributed by atoms with Crippen molar-refractivity contribution in [2.45, 2.75) is 348 Å². The number of ether oxygens (including phenoxy) is 4. The number of aliphatic hydroxyl groups excluding tert-OH is 1. The smallest absolute Gasteiger partial charge is 0.462 e. The quantitative estimate of drug-likeness (QED) is 0.0222. The van der Waals surface area contributed by atoms with E-state index in [2.05, 4.69) is 34.6 Å². The van der Waals surface area contributed by atoms with Crippen LogP contribution < -0.4 is 0 Å². The molecule has 0 aliphatic heterocycles. The molecule has 0 aliphatic rings. The standard InChI is InChI=1S/C65H126O17P2/c1-6-9-12-15-17-19-21-22-23-24-25-26-27-28-29-30-32-34-40-45-50-64(69)81-61(55-76-63(68)49-44-39-33-31-20-18-16-13-10-7-2)57-80-84(73,74)78-53-59(66)52-77-83(71,72)79-56-60(54-75-62(67)48-43-37-14-11-8-3)82-65(70)51-46-41-36-35-38-42-47-58(4)5/h58-61,66H,6-57H2,1-5H3,(H,71,72)(H,73,74)/t59-,60+,61+/m0/s1. The number of phosphoric ester groups is 2. The summed E-state index contributed by atoms with van der Waals surface area (Å²) in [5, 5.41) is 10.5. The van der Waals surface area contributed by atoms with Crippen LogP contribution in [0.25, 0.3) is 0 Å². The first-order valence-electron chi connectivity index (χ1n) is 34.1. The molecule has 19 heteroatoms. The van der Waals surface area contributed by atoms with Crippen LogP contribution >= 0.6 is 15.6 Å². The summed E-state index contributed by atoms with van der Waals surface area (Å²) in [5.74, 6) is -1.48. The second-order valence-electron chi connectivity index (χ2n) is 24.0. The lowest BCUT2D eigenvalue weighted by molar-refractivity contribution is -0.161. The van der Waals surface area contributed by atoms with E-state index in [1.54, 1.807) is 0 Å². The lowest BCUT2D eigenvalue weighted by atomic mass is 10.0. The Bertz CT molecular complexity index is 1640. The molecule has 0 amide bonds. The van der Waals surface area contributed by atoms with E-state index < -0.39 is 97.5 Å². The van der Waals surface area contributed by atoms with E-state index in [-0.39, 0.29) is 25.7 Å². The highest BCUT2D eigenvalue weighted by Crippen LogP contribution is 2.45. The van der Waals surface area contributed by atoms with Crippen molar-refractivity contribution in [3.8, 4) is 0 Å². The zero-order valence-corrected chi connectivity index (χ0v) is 55.8. The molecule has 0 saturated heterocycles. The predicted molar refractivity (Wildman–Crippen MR) is 335 cm³/mol. The van der Waals surface area contributed by atoms with Crippen LogP contribution in [0.5, 0.6) is 0 Å². The van der Waals surface area contributed by atoms with Gasteiger partial charge in [-0.15, -0.1) is 0 Å². The summed E-state index contributed by atoms with van der Waals surface area (Å²) in [6, 6.07) is 0. The normalized spacial score (nSPS) is 14.2. The Labute approximate surface area is 511 Å². The fourth-order valence-electron chi connectivity index (χ4n) is 9.76. The van der Waals surface area contributed by atoms with Crippen LogP contribution in [-0.4, -0.2) is 96.7 Å². The highest BCUT2D eigenvalue weighted by atomic mass is 31.2. The molecule has 0 saturated carbocycles. The molecule has 0 spiro atoms. The first-order valence-corrected chi connectivity index (χ1v) is 37.1. The number of aliphatic hydroxyl groups is 1. The maximum atomic E-state index is 13.0. The number of carbonyl (C=O) groups is 4. The van der Waals surface area contributed by atoms with Crippen molar-refractivity contribution in [1.29, 1.82) is 0 Å². The Balaban J connectivity index is 5.08. The van der Waals surface area contributed by atoms with E-state index in [0.717, 1.165) is 96.3 Å². The maximum Gasteiger partial charge on any atom is 0.472 e. The molecule has 0 radical (unpaired) electrons. The van der Waals surface area contributed by atoms with Gasteiger partial charge in [0.25, 0.3) is 0 Å². The van der Waals surface area contributed by atoms with Crippen molar-refractivity contribution in [1.82, 2.24) is 0 Å². The maximum absolute atomic E-state index is 13.0. The Kier molecular flexibility index (Phi) is 57.4. The summed E-state index contributed by atoms with van der Waals surface area (Å²) in [5.41, 5.74) is 0. The molecule has 0 fully saturated rings. The van der Waals surface area contributed by atoms with E-state index in [1.165, 1.54) is 148 Å². The molecule has 2 unspecified atom stereocenters. The summed E-state index contributed by atoms with van der Waals surface area (Å²) in [7, 11) is -9.88. The highest BCUT2D eigenvalue weighted by Gasteiger charge is 2.30. The molecular formula is C65H126O17P2. The largest absolute Gasteiger partial charge is 0.472 e. The Morgan fingerprint density at radius 2 is 0.548 bits per heavy atom. The van der Waals surface area contributed by atoms with Gasteiger partial charge in [0.1, 0.15) is 19.3 Å². The van der Waals surface area contributed by atoms with Crippen molar-refractivity contribution in [3.05, 3.63) is 0 Å². The zero-order chi connectivity index (χ0) is 62.0. The average Bonchev–Trinajstić information content (AvgIpc) is 3.48. The number of esters is 4. The van der Waals surface area contributed by atoms with Gasteiger partial charge < -0.3 is 33.8 Å². The van der Waals surface area contributed by atoms with Crippen molar-refractivity contribution in [2.75, 3.05) is 39.6 Å². The second kappa shape index (κ2) is 58.7. The van der Waals surface area contributed by atoms with Crippen LogP contribution in [-0.2, 0) is 65.4 Å². The van der Waals surface area contributed by atoms with Crippen molar-refractivity contribution in [2.24, 2.45) is 5.92 Å². The van der Waals surface area contributed by atoms with Crippen molar-refractivity contribution >= 4 is 39.5 Å². The number of rotatable bonds is 65. The molecule has 0 aromatic heterocycles. The summed E-state index contributed by atoms with van der Waals surface area (Å²) < 4.78 is 67.8. The van der Waals surface area contributed by atoms with Gasteiger partial charge in [-0.1, -0.05) is 279 Å². The van der Waals surface area contributed by atoms with E-state index in [1.807, 2.05) is 0 Å². The first kappa shape index (κ1) is 82.1. The fourth-order valence-corrected chi connectivity index (χ4v) is 11.3. The summed E-state index contributed by atoms with van der Waals surface area (Å²) in [6.45, 7) is 7.01. The van der Waals surface area contributed by atoms with E-state index in [4.69, 9.17) is 37.0 Å². The van der Waals surface area contributed by atoms with Gasteiger partial charge >= 0.3 is 39.5 Å². The topological polar surface area (TPSA) is 237 Å². The molecule has 5 atom stereocenters. The molecular weight excluding hydrogens is 1110 g/mol. The summed E-state index contributed by atoms with van der Waals surface area (Å²) in [6.07, 6.45) is 43.8. The van der Waals surface area contributed by atoms with Gasteiger partial charge in [0, 0.05) is 25.7 Å². The minimum absolute atomic E-state index is 0.101. The van der Waals surface area contributed by atoms with Gasteiger partial charge in [-0.05, 0) is 31.6 Å². The Morgan fingerprint density at radius 1 is 0.321 bits per heavy atom. The van der Waals surface area contributed by atoms with E-state index in [0.29, 0.717) is 31.6 Å². The van der Waals surface area contributed by atoms with Crippen LogP contribution in [0.1, 0.15) is 330 Å². The van der Waals surface area contributed by atoms with Gasteiger partial charge in [-0.3, -0.25) is 37.3 Å². The van der Waals surface area contributed by atoms with Crippen LogP contribution in [0, 0.1) is 5.92 Å². The highest BCUT2D eigenvalue weighted by molar-refractivity contribution is 7.47. The minimum atomic E-state index is -4.94. The Morgan fingerprint density at radius 3 is 0.810 bits per heavy atom. The lowest BCUT2D eigenvalue weighted by Crippen LogP contribution is -2.30. The average molecular weight is 1240 g/mol. The molecule has 0 aromatic rings. The van der Waals surface area contributed by atoms with Gasteiger partial charge in [0.2, 0.25) is 0 Å². The molecule has 3 N–H and O–H groups in total. The van der Waals surface area contributed by atoms with Crippen LogP contribution in [0.4, 0.5) is 0 Å². The molecule has 0 aliphatic carbocycles. The van der Waals surface area contributed by atoms with Crippen LogP contribution in [0.2, 0.25) is 0 Å². The second-order valence-corrected chi connectivity index (χ2v) is 26.9. The van der Waals surface area contributed by atoms with Crippen molar-refractivity contribution < 1.29 is 80.2 Å². The SMILES string of the molecule is CCCCCCCCCCCCCCCCCCCCCCC(=O)O[C@H](COC(=O)CCCCCCCCCCCC)COP(=O)(O)OC[C@@H](O)COP(=O)(O)OC[C@@H](COC(=O)CCCCCCC)OC(=O)CCCCCCCCC(C)C. The number of hydrogen-bond donors (Lipinski definition) is 3. The molecule has 84 heavy (non-hydrogen) atoms. The van der Waals surface area contributed by atoms with Crippen LogP contribution in [0.3, 0.4) is 0 Å². The number of unbranched alkanes of at least 4 members (excludes halogenated alkanes) is 37. The molecule has 0 rings (SSSR count). The number of carbonyl (C=O) groups excluding carboxylic acids is 4. The molecule has 17 nitrogen and oxygen atoms in total. The van der Waals surface area contributed by atoms with Crippen LogP contribution in [0.15, 0.2) is 0 Å². The lowest BCUT2D eigenvalue weighted by Gasteiger charge is -2.21. The van der Waals surface area contributed by atoms with Gasteiger partial charge in [-0.2, -0.15) is 0 Å². The van der Waals surface area contributed by atoms with Gasteiger partial charge in [-0.25, -0.2) is 9.13 Å². The third kappa shape index (κ3) is 59.0. The minimum Gasteiger partial charge on any atom is -0.462 e. The summed E-state index contributed by atoms with van der Waals surface area (Å²) >= 11 is 0. The zero-order valence-electron chi connectivity index (χ0n) is 54.0. The number of hydrogen-bond acceptors (Lipinski definition) is 15. The Hall–Kier alpha value is -1.94. The molecule has 0 bridgehead atoms. The van der Waals surface area contributed by atoms with E-state index >= 15 is 0 Å². The first-order chi connectivity index (χ1) is 40.5. The monoisotopic (exact) mass is 1240 g/mol. The third-order valence-corrected chi connectivity index (χ3v) is 16.9. The summed E-state index contributed by atoms with van der Waals surface area (Å²) in [4.78, 5) is 71.9. The number of phosphoric acid groups is 2. The van der Waals surface area contributed by atoms with E-state index in [9.17, 15) is 43.2 Å². The third-order valence-electron chi connectivity index (χ3n) is 15.0. The molecule has 498 valence electrons. The van der Waals surface area contributed by atoms with Gasteiger partial charge in [0.15, 0.2) is 12.2 Å². The predicted octanol–water partition coefficient (Wildman–Crippen LogP) is 18.2. The van der Waals surface area contributed by atoms with Crippen molar-refractivity contribution in [3.63, 3.8) is 0 Å². The van der Waals surface area contributed by atoms with Gasteiger partial charge in [0.05, 0.1) is 26.4 Å².